The number of nitrogens with one attached hydrogen (secondary N) is 1. The molecule has 3 aliphatic heterocycles. The van der Waals surface area contributed by atoms with Crippen molar-refractivity contribution in [3.63, 3.8) is 0 Å². The fourth-order valence-corrected chi connectivity index (χ4v) is 5.57. The molecule has 0 aromatic heterocycles. The van der Waals surface area contributed by atoms with Gasteiger partial charge in [0.05, 0.1) is 43.5 Å². The third-order valence-corrected chi connectivity index (χ3v) is 7.10. The van der Waals surface area contributed by atoms with E-state index in [9.17, 15) is 14.4 Å². The number of carbonyl (C=O) groups excluding carboxylic acids is 3. The molecule has 5 rings (SSSR count). The summed E-state index contributed by atoms with van der Waals surface area (Å²) in [5.74, 6) is -1.78. The first-order valence-electron chi connectivity index (χ1n) is 10.7. The Balaban J connectivity index is 1.76. The maximum atomic E-state index is 14.1. The highest BCUT2D eigenvalue weighted by Gasteiger charge is 2.67. The SMILES string of the molecule is CCOC(=O)[C@H]1[C@H]2COc3ccc(Cl)cc3[C@@H]2N2C(=O)c3cc(OC)ccc3NC(=O)[C@@]12C. The molecule has 0 aliphatic carbocycles. The summed E-state index contributed by atoms with van der Waals surface area (Å²) in [5, 5.41) is 3.32. The number of halogens is 1. The lowest BCUT2D eigenvalue weighted by molar-refractivity contribution is -0.155. The van der Waals surface area contributed by atoms with Crippen molar-refractivity contribution in [3.8, 4) is 11.5 Å². The van der Waals surface area contributed by atoms with Gasteiger partial charge in [0.1, 0.15) is 17.0 Å². The lowest BCUT2D eigenvalue weighted by atomic mass is 9.77. The normalized spacial score (nSPS) is 27.3. The third-order valence-electron chi connectivity index (χ3n) is 6.86. The molecule has 9 heteroatoms. The minimum Gasteiger partial charge on any atom is -0.497 e. The Bertz CT molecular complexity index is 1180. The van der Waals surface area contributed by atoms with Gasteiger partial charge in [-0.1, -0.05) is 11.6 Å². The molecular formula is C24H23ClN2O6. The lowest BCUT2D eigenvalue weighted by Crippen LogP contribution is -2.57. The lowest BCUT2D eigenvalue weighted by Gasteiger charge is -2.38. The van der Waals surface area contributed by atoms with Crippen molar-refractivity contribution < 1.29 is 28.6 Å². The summed E-state index contributed by atoms with van der Waals surface area (Å²) in [4.78, 5) is 42.5. The fraction of sp³-hybridized carbons (Fsp3) is 0.375. The third kappa shape index (κ3) is 3.00. The molecule has 2 aromatic rings. The molecule has 1 N–H and O–H groups in total. The quantitative estimate of drug-likeness (QED) is 0.690. The molecule has 3 heterocycles. The van der Waals surface area contributed by atoms with E-state index in [-0.39, 0.29) is 24.7 Å². The highest BCUT2D eigenvalue weighted by atomic mass is 35.5. The summed E-state index contributed by atoms with van der Waals surface area (Å²) >= 11 is 6.30. The summed E-state index contributed by atoms with van der Waals surface area (Å²) in [6, 6.07) is 9.44. The van der Waals surface area contributed by atoms with Crippen LogP contribution in [0, 0.1) is 11.8 Å². The van der Waals surface area contributed by atoms with Gasteiger partial charge in [0.2, 0.25) is 0 Å². The second-order valence-electron chi connectivity index (χ2n) is 8.52. The molecule has 3 aliphatic rings. The first kappa shape index (κ1) is 21.6. The van der Waals surface area contributed by atoms with Crippen molar-refractivity contribution in [2.75, 3.05) is 25.6 Å². The molecule has 2 aromatic carbocycles. The Morgan fingerprint density at radius 3 is 2.79 bits per heavy atom. The van der Waals surface area contributed by atoms with Crippen LogP contribution < -0.4 is 14.8 Å². The van der Waals surface area contributed by atoms with Crippen LogP contribution in [0.2, 0.25) is 5.02 Å². The van der Waals surface area contributed by atoms with Crippen LogP contribution in [0.4, 0.5) is 5.69 Å². The van der Waals surface area contributed by atoms with Gasteiger partial charge < -0.3 is 24.4 Å². The van der Waals surface area contributed by atoms with Gasteiger partial charge in [0.15, 0.2) is 0 Å². The summed E-state index contributed by atoms with van der Waals surface area (Å²) in [7, 11) is 1.50. The number of methoxy groups -OCH3 is 1. The zero-order chi connectivity index (χ0) is 23.5. The predicted octanol–water partition coefficient (Wildman–Crippen LogP) is 3.44. The van der Waals surface area contributed by atoms with Crippen molar-refractivity contribution in [1.29, 1.82) is 0 Å². The molecule has 0 unspecified atom stereocenters. The Hall–Kier alpha value is -3.26. The first-order chi connectivity index (χ1) is 15.8. The van der Waals surface area contributed by atoms with Gasteiger partial charge in [0.25, 0.3) is 11.8 Å². The van der Waals surface area contributed by atoms with Crippen LogP contribution in [-0.4, -0.2) is 48.5 Å². The van der Waals surface area contributed by atoms with Gasteiger partial charge in [-0.2, -0.15) is 0 Å². The first-order valence-corrected chi connectivity index (χ1v) is 11.1. The number of esters is 1. The van der Waals surface area contributed by atoms with Crippen LogP contribution in [0.25, 0.3) is 0 Å². The monoisotopic (exact) mass is 470 g/mol. The molecule has 8 nitrogen and oxygen atoms in total. The number of amides is 2. The Kier molecular flexibility index (Phi) is 5.01. The number of ether oxygens (including phenoxy) is 3. The maximum Gasteiger partial charge on any atom is 0.312 e. The molecule has 0 radical (unpaired) electrons. The number of nitrogens with zero attached hydrogens (tertiary/aromatic N) is 1. The smallest absolute Gasteiger partial charge is 0.312 e. The predicted molar refractivity (Wildman–Crippen MR) is 119 cm³/mol. The van der Waals surface area contributed by atoms with Crippen LogP contribution in [0.5, 0.6) is 11.5 Å². The zero-order valence-corrected chi connectivity index (χ0v) is 19.1. The number of benzene rings is 2. The van der Waals surface area contributed by atoms with E-state index in [1.165, 1.54) is 12.0 Å². The number of anilines is 1. The van der Waals surface area contributed by atoms with E-state index >= 15 is 0 Å². The van der Waals surface area contributed by atoms with E-state index in [1.807, 2.05) is 0 Å². The molecule has 1 fully saturated rings. The second-order valence-corrected chi connectivity index (χ2v) is 8.96. The number of hydrogen-bond acceptors (Lipinski definition) is 6. The molecular weight excluding hydrogens is 448 g/mol. The average Bonchev–Trinajstić information content (AvgIpc) is 3.04. The molecule has 0 bridgehead atoms. The van der Waals surface area contributed by atoms with Gasteiger partial charge in [-0.25, -0.2) is 0 Å². The number of fused-ring (bicyclic) bond motifs is 6. The Labute approximate surface area is 195 Å². The number of carbonyl (C=O) groups is 3. The van der Waals surface area contributed by atoms with Gasteiger partial charge in [-0.05, 0) is 50.2 Å². The van der Waals surface area contributed by atoms with Gasteiger partial charge in [-0.3, -0.25) is 14.4 Å². The molecule has 4 atom stereocenters. The van der Waals surface area contributed by atoms with Gasteiger partial charge in [0, 0.05) is 16.5 Å². The largest absolute Gasteiger partial charge is 0.497 e. The molecule has 1 saturated heterocycles. The number of rotatable bonds is 3. The van der Waals surface area contributed by atoms with Crippen molar-refractivity contribution >= 4 is 35.1 Å². The minimum absolute atomic E-state index is 0.152. The van der Waals surface area contributed by atoms with Crippen molar-refractivity contribution in [2.45, 2.75) is 25.4 Å². The Morgan fingerprint density at radius 2 is 2.06 bits per heavy atom. The van der Waals surface area contributed by atoms with E-state index in [0.717, 1.165) is 0 Å². The summed E-state index contributed by atoms with van der Waals surface area (Å²) < 4.78 is 16.6. The van der Waals surface area contributed by atoms with Gasteiger partial charge >= 0.3 is 5.97 Å². The van der Waals surface area contributed by atoms with Crippen LogP contribution in [-0.2, 0) is 14.3 Å². The summed E-state index contributed by atoms with van der Waals surface area (Å²) in [5.41, 5.74) is -0.217. The van der Waals surface area contributed by atoms with E-state index in [2.05, 4.69) is 5.32 Å². The van der Waals surface area contributed by atoms with E-state index in [4.69, 9.17) is 25.8 Å². The Morgan fingerprint density at radius 1 is 1.27 bits per heavy atom. The highest BCUT2D eigenvalue weighted by molar-refractivity contribution is 6.30. The van der Waals surface area contributed by atoms with Crippen LogP contribution in [0.3, 0.4) is 0 Å². The van der Waals surface area contributed by atoms with E-state index < -0.39 is 35.3 Å². The second kappa shape index (κ2) is 7.66. The standard InChI is InChI=1S/C24H23ClN2O6/c1-4-32-22(29)19-16-11-33-18-8-5-12(25)9-15(18)20(16)27-21(28)14-10-13(31-3)6-7-17(14)26-23(30)24(19,27)2/h5-10,16,19-20H,4,11H2,1-3H3,(H,26,30)/t16-,19-,20+,24-/m1/s1. The van der Waals surface area contributed by atoms with Crippen molar-refractivity contribution in [3.05, 3.63) is 52.5 Å². The average molecular weight is 471 g/mol. The minimum atomic E-state index is -1.52. The van der Waals surface area contributed by atoms with Crippen LogP contribution in [0.15, 0.2) is 36.4 Å². The molecule has 33 heavy (non-hydrogen) atoms. The molecule has 0 saturated carbocycles. The summed E-state index contributed by atoms with van der Waals surface area (Å²) in [6.45, 7) is 3.63. The highest BCUT2D eigenvalue weighted by Crippen LogP contribution is 2.57. The van der Waals surface area contributed by atoms with E-state index in [0.29, 0.717) is 27.8 Å². The van der Waals surface area contributed by atoms with Crippen molar-refractivity contribution in [1.82, 2.24) is 4.90 Å². The van der Waals surface area contributed by atoms with Crippen LogP contribution >= 0.6 is 11.6 Å². The summed E-state index contributed by atoms with van der Waals surface area (Å²) in [6.07, 6.45) is 0. The van der Waals surface area contributed by atoms with Crippen LogP contribution in [0.1, 0.15) is 35.8 Å². The maximum absolute atomic E-state index is 14.1. The number of hydrogen-bond donors (Lipinski definition) is 1. The van der Waals surface area contributed by atoms with E-state index in [1.54, 1.807) is 50.2 Å². The van der Waals surface area contributed by atoms with Crippen molar-refractivity contribution in [2.24, 2.45) is 11.8 Å². The van der Waals surface area contributed by atoms with Gasteiger partial charge in [-0.15, -0.1) is 0 Å². The molecule has 0 spiro atoms. The molecule has 172 valence electrons. The zero-order valence-electron chi connectivity index (χ0n) is 18.4. The molecule has 2 amide bonds. The fourth-order valence-electron chi connectivity index (χ4n) is 5.39. The topological polar surface area (TPSA) is 94.2 Å².